The number of nitrogens with zero attached hydrogens (tertiary/aromatic N) is 2. The molecule has 0 N–H and O–H groups in total. The summed E-state index contributed by atoms with van der Waals surface area (Å²) in [6, 6.07) is 68.8. The molecule has 1 heterocycles. The summed E-state index contributed by atoms with van der Waals surface area (Å²) in [5.41, 5.74) is 10.5. The van der Waals surface area contributed by atoms with Crippen LogP contribution in [0.15, 0.2) is 199 Å². The highest BCUT2D eigenvalue weighted by Gasteiger charge is 2.19. The number of anilines is 3. The molecule has 0 spiro atoms. The molecule has 0 aliphatic heterocycles. The number of rotatable bonds is 6. The fraction of sp³-hybridized carbons (Fsp3) is 0. The highest BCUT2D eigenvalue weighted by atomic mass is 16.3. The Hall–Kier alpha value is -6.97. The minimum Gasteiger partial charge on any atom is -0.435 e. The summed E-state index contributed by atoms with van der Waals surface area (Å²) in [7, 11) is 0. The van der Waals surface area contributed by atoms with Gasteiger partial charge in [-0.25, -0.2) is 4.98 Å². The molecule has 0 amide bonds. The lowest BCUT2D eigenvalue weighted by Gasteiger charge is -2.28. The van der Waals surface area contributed by atoms with Gasteiger partial charge in [0.05, 0.1) is 5.69 Å². The normalized spacial score (nSPS) is 11.5. The van der Waals surface area contributed by atoms with Crippen LogP contribution in [0.4, 0.5) is 17.1 Å². The zero-order valence-corrected chi connectivity index (χ0v) is 28.3. The first-order valence-electron chi connectivity index (χ1n) is 17.6. The van der Waals surface area contributed by atoms with Gasteiger partial charge < -0.3 is 9.32 Å². The topological polar surface area (TPSA) is 29.3 Å². The van der Waals surface area contributed by atoms with Crippen LogP contribution < -0.4 is 4.90 Å². The van der Waals surface area contributed by atoms with Crippen molar-refractivity contribution in [1.29, 1.82) is 0 Å². The standard InChI is InChI=1S/C49H32N2O/c1-2-12-33(13-3-1)41-17-10-11-21-47(41)51(39-29-24-36(25-30-39)49-50-46-31-26-34-14-4-7-18-42(34)48(46)52-49)38-27-22-35(23-28-38)45-32-37-15-5-6-16-40(37)43-19-8-9-20-44(43)45/h1-32H. The van der Waals surface area contributed by atoms with E-state index in [0.29, 0.717) is 5.89 Å². The molecule has 0 saturated carbocycles. The molecule has 0 fully saturated rings. The summed E-state index contributed by atoms with van der Waals surface area (Å²) in [5.74, 6) is 0.612. The number of aromatic nitrogens is 1. The van der Waals surface area contributed by atoms with Crippen molar-refractivity contribution in [2.24, 2.45) is 0 Å². The molecule has 0 unspecified atom stereocenters. The number of oxazole rings is 1. The van der Waals surface area contributed by atoms with Gasteiger partial charge in [-0.05, 0) is 98.2 Å². The number of fused-ring (bicyclic) bond motifs is 6. The van der Waals surface area contributed by atoms with Crippen molar-refractivity contribution in [3.05, 3.63) is 194 Å². The van der Waals surface area contributed by atoms with Gasteiger partial charge in [-0.3, -0.25) is 0 Å². The van der Waals surface area contributed by atoms with Crippen LogP contribution in [0.1, 0.15) is 0 Å². The Labute approximate surface area is 301 Å². The van der Waals surface area contributed by atoms with Crippen LogP contribution in [-0.4, -0.2) is 4.98 Å². The lowest BCUT2D eigenvalue weighted by Crippen LogP contribution is -2.11. The van der Waals surface area contributed by atoms with Crippen molar-refractivity contribution >= 4 is 60.5 Å². The highest BCUT2D eigenvalue weighted by Crippen LogP contribution is 2.43. The van der Waals surface area contributed by atoms with Gasteiger partial charge in [-0.15, -0.1) is 0 Å². The van der Waals surface area contributed by atoms with E-state index in [0.717, 1.165) is 55.6 Å². The van der Waals surface area contributed by atoms with Gasteiger partial charge in [-0.1, -0.05) is 140 Å². The third kappa shape index (κ3) is 5.10. The van der Waals surface area contributed by atoms with Crippen LogP contribution in [0.5, 0.6) is 0 Å². The lowest BCUT2D eigenvalue weighted by molar-refractivity contribution is 0.623. The van der Waals surface area contributed by atoms with Gasteiger partial charge >= 0.3 is 0 Å². The molecule has 0 bridgehead atoms. The zero-order valence-electron chi connectivity index (χ0n) is 28.3. The Bertz CT molecular complexity index is 2890. The average Bonchev–Trinajstić information content (AvgIpc) is 3.67. The Kier molecular flexibility index (Phi) is 7.14. The first-order valence-corrected chi connectivity index (χ1v) is 17.6. The predicted molar refractivity (Wildman–Crippen MR) is 218 cm³/mol. The van der Waals surface area contributed by atoms with Gasteiger partial charge in [0.15, 0.2) is 5.58 Å². The summed E-state index contributed by atoms with van der Waals surface area (Å²) >= 11 is 0. The number of hydrogen-bond donors (Lipinski definition) is 0. The van der Waals surface area contributed by atoms with Gasteiger partial charge in [0.1, 0.15) is 5.52 Å². The van der Waals surface area contributed by atoms with E-state index < -0.39 is 0 Å². The fourth-order valence-corrected chi connectivity index (χ4v) is 7.57. The summed E-state index contributed by atoms with van der Waals surface area (Å²) in [6.45, 7) is 0. The predicted octanol–water partition coefficient (Wildman–Crippen LogP) is 13.8. The molecule has 0 aliphatic rings. The van der Waals surface area contributed by atoms with Crippen LogP contribution in [0.2, 0.25) is 0 Å². The molecule has 10 aromatic rings. The second-order valence-electron chi connectivity index (χ2n) is 13.2. The van der Waals surface area contributed by atoms with Crippen LogP contribution in [0.3, 0.4) is 0 Å². The van der Waals surface area contributed by atoms with Crippen molar-refractivity contribution in [3.8, 4) is 33.7 Å². The van der Waals surface area contributed by atoms with Crippen LogP contribution in [-0.2, 0) is 0 Å². The molecule has 52 heavy (non-hydrogen) atoms. The van der Waals surface area contributed by atoms with E-state index in [1.165, 1.54) is 32.7 Å². The van der Waals surface area contributed by atoms with E-state index in [2.05, 4.69) is 181 Å². The molecule has 0 radical (unpaired) electrons. The Balaban J connectivity index is 1.09. The Morgan fingerprint density at radius 2 is 0.962 bits per heavy atom. The van der Waals surface area contributed by atoms with Crippen molar-refractivity contribution in [3.63, 3.8) is 0 Å². The van der Waals surface area contributed by atoms with E-state index in [9.17, 15) is 0 Å². The fourth-order valence-electron chi connectivity index (χ4n) is 7.57. The first-order chi connectivity index (χ1) is 25.8. The summed E-state index contributed by atoms with van der Waals surface area (Å²) in [4.78, 5) is 7.22. The minimum atomic E-state index is 0.612. The molecule has 3 heteroatoms. The van der Waals surface area contributed by atoms with Crippen LogP contribution >= 0.6 is 0 Å². The van der Waals surface area contributed by atoms with Gasteiger partial charge in [0, 0.05) is 27.9 Å². The third-order valence-electron chi connectivity index (χ3n) is 10.1. The maximum Gasteiger partial charge on any atom is 0.227 e. The molecular weight excluding hydrogens is 633 g/mol. The monoisotopic (exact) mass is 664 g/mol. The SMILES string of the molecule is c1ccc(-c2ccccc2N(c2ccc(-c3nc4ccc5ccccc5c4o3)cc2)c2ccc(-c3cc4ccccc4c4ccccc34)cc2)cc1. The smallest absolute Gasteiger partial charge is 0.227 e. The summed E-state index contributed by atoms with van der Waals surface area (Å²) in [6.07, 6.45) is 0. The van der Waals surface area contributed by atoms with Gasteiger partial charge in [0.25, 0.3) is 0 Å². The third-order valence-corrected chi connectivity index (χ3v) is 10.1. The Morgan fingerprint density at radius 1 is 0.385 bits per heavy atom. The zero-order chi connectivity index (χ0) is 34.4. The second-order valence-corrected chi connectivity index (χ2v) is 13.2. The second kappa shape index (κ2) is 12.4. The summed E-state index contributed by atoms with van der Waals surface area (Å²) in [5, 5.41) is 7.25. The largest absolute Gasteiger partial charge is 0.435 e. The van der Waals surface area contributed by atoms with E-state index >= 15 is 0 Å². The van der Waals surface area contributed by atoms with Crippen molar-refractivity contribution in [1.82, 2.24) is 4.98 Å². The average molecular weight is 665 g/mol. The lowest BCUT2D eigenvalue weighted by atomic mass is 9.93. The van der Waals surface area contributed by atoms with Gasteiger partial charge in [-0.2, -0.15) is 0 Å². The van der Waals surface area contributed by atoms with Crippen LogP contribution in [0, 0.1) is 0 Å². The molecule has 1 aromatic heterocycles. The maximum atomic E-state index is 6.40. The highest BCUT2D eigenvalue weighted by molar-refractivity contribution is 6.13. The van der Waals surface area contributed by atoms with E-state index in [4.69, 9.17) is 9.40 Å². The van der Waals surface area contributed by atoms with E-state index in [1.54, 1.807) is 0 Å². The summed E-state index contributed by atoms with van der Waals surface area (Å²) < 4.78 is 6.40. The molecule has 244 valence electrons. The molecule has 3 nitrogen and oxygen atoms in total. The maximum absolute atomic E-state index is 6.40. The molecule has 0 aliphatic carbocycles. The van der Waals surface area contributed by atoms with Crippen molar-refractivity contribution in [2.45, 2.75) is 0 Å². The molecule has 9 aromatic carbocycles. The molecule has 0 atom stereocenters. The van der Waals surface area contributed by atoms with Crippen LogP contribution in [0.25, 0.3) is 77.1 Å². The van der Waals surface area contributed by atoms with Gasteiger partial charge in [0.2, 0.25) is 5.89 Å². The molecule has 10 rings (SSSR count). The minimum absolute atomic E-state index is 0.612. The first kappa shape index (κ1) is 29.9. The Morgan fingerprint density at radius 3 is 1.73 bits per heavy atom. The van der Waals surface area contributed by atoms with Crippen molar-refractivity contribution < 1.29 is 4.42 Å². The quantitative estimate of drug-likeness (QED) is 0.166. The number of para-hydroxylation sites is 1. The van der Waals surface area contributed by atoms with Crippen molar-refractivity contribution in [2.75, 3.05) is 4.90 Å². The van der Waals surface area contributed by atoms with E-state index in [1.807, 2.05) is 18.2 Å². The molecule has 0 saturated heterocycles. The number of hydrogen-bond acceptors (Lipinski definition) is 3. The van der Waals surface area contributed by atoms with E-state index in [-0.39, 0.29) is 0 Å². The number of benzene rings is 9. The molecular formula is C49H32N2O.